The summed E-state index contributed by atoms with van der Waals surface area (Å²) in [5, 5.41) is 2.76. The largest absolute Gasteiger partial charge is 0.493 e. The SMILES string of the molecule is CCC(C(=O)OCC(=O)NCCc1ccc(OC)c(OC)c1)c1ccccc1. The molecule has 2 aromatic rings. The van der Waals surface area contributed by atoms with Gasteiger partial charge in [0.1, 0.15) is 0 Å². The first-order chi connectivity index (χ1) is 13.6. The zero-order valence-electron chi connectivity index (χ0n) is 16.6. The van der Waals surface area contributed by atoms with Crippen LogP contribution in [0.5, 0.6) is 11.5 Å². The summed E-state index contributed by atoms with van der Waals surface area (Å²) in [7, 11) is 3.16. The lowest BCUT2D eigenvalue weighted by atomic mass is 9.97. The maximum absolute atomic E-state index is 12.3. The van der Waals surface area contributed by atoms with Gasteiger partial charge in [-0.25, -0.2) is 0 Å². The Morgan fingerprint density at radius 1 is 1.00 bits per heavy atom. The Hall–Kier alpha value is -3.02. The summed E-state index contributed by atoms with van der Waals surface area (Å²) in [6.07, 6.45) is 1.24. The molecule has 6 heteroatoms. The van der Waals surface area contributed by atoms with Crippen molar-refractivity contribution in [3.8, 4) is 11.5 Å². The third kappa shape index (κ3) is 6.01. The van der Waals surface area contributed by atoms with E-state index in [9.17, 15) is 9.59 Å². The van der Waals surface area contributed by atoms with Crippen LogP contribution in [0.4, 0.5) is 0 Å². The van der Waals surface area contributed by atoms with E-state index < -0.39 is 0 Å². The van der Waals surface area contributed by atoms with Gasteiger partial charge in [0.05, 0.1) is 20.1 Å². The molecule has 0 spiro atoms. The minimum atomic E-state index is -0.385. The van der Waals surface area contributed by atoms with Gasteiger partial charge in [-0.15, -0.1) is 0 Å². The van der Waals surface area contributed by atoms with Gasteiger partial charge in [0.2, 0.25) is 0 Å². The zero-order chi connectivity index (χ0) is 20.4. The van der Waals surface area contributed by atoms with Gasteiger partial charge in [-0.3, -0.25) is 9.59 Å². The lowest BCUT2D eigenvalue weighted by Crippen LogP contribution is -2.31. The first kappa shape index (κ1) is 21.3. The molecule has 0 radical (unpaired) electrons. The van der Waals surface area contributed by atoms with Crippen molar-refractivity contribution in [2.24, 2.45) is 0 Å². The monoisotopic (exact) mass is 385 g/mol. The van der Waals surface area contributed by atoms with E-state index in [2.05, 4.69) is 5.32 Å². The van der Waals surface area contributed by atoms with E-state index in [1.54, 1.807) is 14.2 Å². The molecule has 0 aliphatic rings. The number of hydrogen-bond acceptors (Lipinski definition) is 5. The molecule has 1 unspecified atom stereocenters. The fourth-order valence-electron chi connectivity index (χ4n) is 2.89. The minimum absolute atomic E-state index is 0.284. The van der Waals surface area contributed by atoms with E-state index >= 15 is 0 Å². The molecule has 0 aliphatic heterocycles. The number of nitrogens with one attached hydrogen (secondary N) is 1. The van der Waals surface area contributed by atoms with Crippen molar-refractivity contribution < 1.29 is 23.8 Å². The average molecular weight is 385 g/mol. The summed E-state index contributed by atoms with van der Waals surface area (Å²) in [6, 6.07) is 15.0. The Morgan fingerprint density at radius 2 is 1.71 bits per heavy atom. The second-order valence-electron chi connectivity index (χ2n) is 6.27. The highest BCUT2D eigenvalue weighted by molar-refractivity contribution is 5.83. The van der Waals surface area contributed by atoms with Crippen LogP contribution in [0.3, 0.4) is 0 Å². The normalized spacial score (nSPS) is 11.4. The first-order valence-corrected chi connectivity index (χ1v) is 9.28. The number of methoxy groups -OCH3 is 2. The quantitative estimate of drug-likeness (QED) is 0.636. The van der Waals surface area contributed by atoms with Crippen molar-refractivity contribution in [3.05, 3.63) is 59.7 Å². The van der Waals surface area contributed by atoms with Crippen LogP contribution in [0, 0.1) is 0 Å². The van der Waals surface area contributed by atoms with Crippen molar-refractivity contribution >= 4 is 11.9 Å². The fourth-order valence-corrected chi connectivity index (χ4v) is 2.89. The molecule has 28 heavy (non-hydrogen) atoms. The summed E-state index contributed by atoms with van der Waals surface area (Å²) in [5.74, 6) is 0.235. The molecule has 1 atom stereocenters. The highest BCUT2D eigenvalue weighted by atomic mass is 16.5. The minimum Gasteiger partial charge on any atom is -0.493 e. The number of carbonyl (C=O) groups excluding carboxylic acids is 2. The second-order valence-corrected chi connectivity index (χ2v) is 6.27. The number of carbonyl (C=O) groups is 2. The van der Waals surface area contributed by atoms with Crippen LogP contribution < -0.4 is 14.8 Å². The van der Waals surface area contributed by atoms with Gasteiger partial charge in [-0.05, 0) is 36.1 Å². The van der Waals surface area contributed by atoms with Gasteiger partial charge in [0.15, 0.2) is 18.1 Å². The predicted molar refractivity (Wildman–Crippen MR) is 107 cm³/mol. The fraction of sp³-hybridized carbons (Fsp3) is 0.364. The van der Waals surface area contributed by atoms with Crippen LogP contribution in [-0.2, 0) is 20.7 Å². The van der Waals surface area contributed by atoms with Crippen LogP contribution in [0.15, 0.2) is 48.5 Å². The van der Waals surface area contributed by atoms with Crippen molar-refractivity contribution in [3.63, 3.8) is 0 Å². The summed E-state index contributed by atoms with van der Waals surface area (Å²) in [6.45, 7) is 2.07. The highest BCUT2D eigenvalue weighted by Gasteiger charge is 2.20. The van der Waals surface area contributed by atoms with Crippen molar-refractivity contribution in [1.29, 1.82) is 0 Å². The number of amides is 1. The summed E-state index contributed by atoms with van der Waals surface area (Å²) in [5.41, 5.74) is 1.90. The Bertz CT molecular complexity index is 776. The third-order valence-corrected chi connectivity index (χ3v) is 4.42. The Kier molecular flexibility index (Phi) is 8.34. The molecule has 2 rings (SSSR count). The van der Waals surface area contributed by atoms with Crippen molar-refractivity contribution in [1.82, 2.24) is 5.32 Å². The molecule has 1 amide bonds. The predicted octanol–water partition coefficient (Wildman–Crippen LogP) is 3.10. The summed E-state index contributed by atoms with van der Waals surface area (Å²) >= 11 is 0. The van der Waals surface area contributed by atoms with Gasteiger partial charge in [0, 0.05) is 6.54 Å². The van der Waals surface area contributed by atoms with Crippen molar-refractivity contribution in [2.45, 2.75) is 25.7 Å². The molecular formula is C22H27NO5. The lowest BCUT2D eigenvalue weighted by molar-refractivity contribution is -0.150. The van der Waals surface area contributed by atoms with E-state index in [4.69, 9.17) is 14.2 Å². The first-order valence-electron chi connectivity index (χ1n) is 9.28. The molecule has 0 saturated carbocycles. The van der Waals surface area contributed by atoms with Crippen LogP contribution >= 0.6 is 0 Å². The standard InChI is InChI=1S/C22H27NO5/c1-4-18(17-8-6-5-7-9-17)22(25)28-15-21(24)23-13-12-16-10-11-19(26-2)20(14-16)27-3/h5-11,14,18H,4,12-13,15H2,1-3H3,(H,23,24). The maximum atomic E-state index is 12.3. The number of benzene rings is 2. The highest BCUT2D eigenvalue weighted by Crippen LogP contribution is 2.27. The molecule has 150 valence electrons. The van der Waals surface area contributed by atoms with E-state index in [1.165, 1.54) is 0 Å². The van der Waals surface area contributed by atoms with E-state index in [1.807, 2.05) is 55.5 Å². The Labute approximate surface area is 165 Å². The van der Waals surface area contributed by atoms with E-state index in [0.717, 1.165) is 11.1 Å². The van der Waals surface area contributed by atoms with Gasteiger partial charge in [-0.2, -0.15) is 0 Å². The zero-order valence-corrected chi connectivity index (χ0v) is 16.6. The van der Waals surface area contributed by atoms with Crippen LogP contribution in [0.1, 0.15) is 30.4 Å². The average Bonchev–Trinajstić information content (AvgIpc) is 2.73. The van der Waals surface area contributed by atoms with E-state index in [-0.39, 0.29) is 24.4 Å². The smallest absolute Gasteiger partial charge is 0.313 e. The molecule has 0 fully saturated rings. The number of hydrogen-bond donors (Lipinski definition) is 1. The molecule has 0 aromatic heterocycles. The molecule has 6 nitrogen and oxygen atoms in total. The summed E-state index contributed by atoms with van der Waals surface area (Å²) in [4.78, 5) is 24.3. The Balaban J connectivity index is 1.77. The van der Waals surface area contributed by atoms with Gasteiger partial charge < -0.3 is 19.5 Å². The Morgan fingerprint density at radius 3 is 2.36 bits per heavy atom. The van der Waals surface area contributed by atoms with Crippen molar-refractivity contribution in [2.75, 3.05) is 27.4 Å². The molecule has 0 saturated heterocycles. The molecular weight excluding hydrogens is 358 g/mol. The van der Waals surface area contributed by atoms with Gasteiger partial charge in [0.25, 0.3) is 5.91 Å². The molecule has 2 aromatic carbocycles. The molecule has 1 N–H and O–H groups in total. The van der Waals surface area contributed by atoms with Crippen LogP contribution in [-0.4, -0.2) is 39.2 Å². The lowest BCUT2D eigenvalue weighted by Gasteiger charge is -2.14. The molecule has 0 bridgehead atoms. The van der Waals surface area contributed by atoms with Gasteiger partial charge >= 0.3 is 5.97 Å². The summed E-state index contributed by atoms with van der Waals surface area (Å²) < 4.78 is 15.7. The third-order valence-electron chi connectivity index (χ3n) is 4.42. The maximum Gasteiger partial charge on any atom is 0.313 e. The van der Waals surface area contributed by atoms with Gasteiger partial charge in [-0.1, -0.05) is 43.3 Å². The number of esters is 1. The number of rotatable bonds is 10. The number of ether oxygens (including phenoxy) is 3. The van der Waals surface area contributed by atoms with Crippen LogP contribution in [0.2, 0.25) is 0 Å². The topological polar surface area (TPSA) is 73.9 Å². The molecule has 0 aliphatic carbocycles. The molecule has 0 heterocycles. The second kappa shape index (κ2) is 11.0. The van der Waals surface area contributed by atoms with Crippen LogP contribution in [0.25, 0.3) is 0 Å². The van der Waals surface area contributed by atoms with E-state index in [0.29, 0.717) is 30.9 Å².